The summed E-state index contributed by atoms with van der Waals surface area (Å²) in [5.41, 5.74) is 0.935. The molecular weight excluding hydrogens is 212 g/mol. The summed E-state index contributed by atoms with van der Waals surface area (Å²) in [7, 11) is 0. The van der Waals surface area contributed by atoms with Crippen LogP contribution in [0.1, 0.15) is 25.5 Å². The van der Waals surface area contributed by atoms with E-state index in [0.717, 1.165) is 5.56 Å². The maximum absolute atomic E-state index is 6.10. The predicted molar refractivity (Wildman–Crippen MR) is 59.6 cm³/mol. The summed E-state index contributed by atoms with van der Waals surface area (Å²) in [5, 5.41) is 0.692. The van der Waals surface area contributed by atoms with Crippen molar-refractivity contribution in [2.45, 2.75) is 31.8 Å². The van der Waals surface area contributed by atoms with Crippen LogP contribution in [0.2, 0.25) is 5.02 Å². The van der Waals surface area contributed by atoms with Gasteiger partial charge in [0.15, 0.2) is 5.79 Å². The molecular formula is C12H14ClO2. The molecule has 1 saturated heterocycles. The molecule has 1 heterocycles. The Kier molecular flexibility index (Phi) is 2.75. The van der Waals surface area contributed by atoms with Gasteiger partial charge in [0.25, 0.3) is 0 Å². The molecule has 1 aromatic carbocycles. The van der Waals surface area contributed by atoms with Crippen molar-refractivity contribution >= 4 is 11.6 Å². The van der Waals surface area contributed by atoms with Gasteiger partial charge >= 0.3 is 0 Å². The van der Waals surface area contributed by atoms with Gasteiger partial charge in [0.2, 0.25) is 0 Å². The molecule has 0 N–H and O–H groups in total. The fourth-order valence-corrected chi connectivity index (χ4v) is 2.05. The fourth-order valence-electron chi connectivity index (χ4n) is 1.81. The highest BCUT2D eigenvalue weighted by atomic mass is 35.5. The van der Waals surface area contributed by atoms with Crippen molar-refractivity contribution in [3.8, 4) is 0 Å². The third-order valence-electron chi connectivity index (χ3n) is 2.40. The first-order valence-corrected chi connectivity index (χ1v) is 5.30. The molecule has 1 aliphatic heterocycles. The Morgan fingerprint density at radius 1 is 1.27 bits per heavy atom. The number of rotatable bonds is 1. The number of hydrogen-bond acceptors (Lipinski definition) is 2. The van der Waals surface area contributed by atoms with Gasteiger partial charge in [-0.1, -0.05) is 29.8 Å². The average Bonchev–Trinajstić information content (AvgIpc) is 2.40. The van der Waals surface area contributed by atoms with Crippen molar-refractivity contribution in [2.24, 2.45) is 0 Å². The molecule has 0 spiro atoms. The average molecular weight is 226 g/mol. The van der Waals surface area contributed by atoms with Gasteiger partial charge in [-0.15, -0.1) is 0 Å². The SMILES string of the molecule is [CH2]C1OC(C)(C)OC1c1ccccc1Cl. The van der Waals surface area contributed by atoms with Crippen LogP contribution >= 0.6 is 11.6 Å². The van der Waals surface area contributed by atoms with Gasteiger partial charge in [-0.05, 0) is 26.8 Å². The first kappa shape index (κ1) is 10.9. The normalized spacial score (nSPS) is 29.3. The Bertz CT molecular complexity index is 362. The van der Waals surface area contributed by atoms with E-state index in [0.29, 0.717) is 5.02 Å². The summed E-state index contributed by atoms with van der Waals surface area (Å²) >= 11 is 6.10. The molecule has 15 heavy (non-hydrogen) atoms. The summed E-state index contributed by atoms with van der Waals surface area (Å²) in [6, 6.07) is 7.61. The van der Waals surface area contributed by atoms with Crippen molar-refractivity contribution in [2.75, 3.05) is 0 Å². The van der Waals surface area contributed by atoms with Gasteiger partial charge < -0.3 is 9.47 Å². The number of halogens is 1. The highest BCUT2D eigenvalue weighted by Crippen LogP contribution is 2.39. The molecule has 0 aromatic heterocycles. The molecule has 1 fully saturated rings. The van der Waals surface area contributed by atoms with E-state index in [4.69, 9.17) is 21.1 Å². The van der Waals surface area contributed by atoms with Crippen molar-refractivity contribution in [1.82, 2.24) is 0 Å². The lowest BCUT2D eigenvalue weighted by Gasteiger charge is -2.17. The van der Waals surface area contributed by atoms with Crippen LogP contribution in [-0.2, 0) is 9.47 Å². The molecule has 2 atom stereocenters. The summed E-state index contributed by atoms with van der Waals surface area (Å²) < 4.78 is 11.3. The van der Waals surface area contributed by atoms with Crippen molar-refractivity contribution in [1.29, 1.82) is 0 Å². The third kappa shape index (κ3) is 2.17. The largest absolute Gasteiger partial charge is 0.344 e. The molecule has 3 heteroatoms. The predicted octanol–water partition coefficient (Wildman–Crippen LogP) is 3.37. The van der Waals surface area contributed by atoms with Crippen molar-refractivity contribution < 1.29 is 9.47 Å². The second-order valence-corrected chi connectivity index (χ2v) is 4.52. The van der Waals surface area contributed by atoms with Gasteiger partial charge in [0.05, 0.1) is 6.10 Å². The zero-order valence-corrected chi connectivity index (χ0v) is 9.62. The fraction of sp³-hybridized carbons (Fsp3) is 0.417. The minimum absolute atomic E-state index is 0.186. The van der Waals surface area contributed by atoms with Crippen LogP contribution in [0.15, 0.2) is 24.3 Å². The maximum Gasteiger partial charge on any atom is 0.164 e. The van der Waals surface area contributed by atoms with Crippen LogP contribution < -0.4 is 0 Å². The Balaban J connectivity index is 2.29. The lowest BCUT2D eigenvalue weighted by atomic mass is 10.1. The second-order valence-electron chi connectivity index (χ2n) is 4.12. The molecule has 2 rings (SSSR count). The van der Waals surface area contributed by atoms with E-state index in [2.05, 4.69) is 6.92 Å². The van der Waals surface area contributed by atoms with Crippen LogP contribution in [0, 0.1) is 6.92 Å². The standard InChI is InChI=1S/C12H14ClO2/c1-8-11(15-12(2,3)14-8)9-6-4-5-7-10(9)13/h4-8,11H,1H2,2-3H3. The Hall–Kier alpha value is -0.570. The molecule has 0 bridgehead atoms. The second kappa shape index (κ2) is 3.78. The molecule has 1 aromatic rings. The first-order valence-electron chi connectivity index (χ1n) is 4.93. The van der Waals surface area contributed by atoms with Gasteiger partial charge in [0.1, 0.15) is 6.10 Å². The Morgan fingerprint density at radius 3 is 2.47 bits per heavy atom. The zero-order valence-electron chi connectivity index (χ0n) is 8.87. The Labute approximate surface area is 95.1 Å². The van der Waals surface area contributed by atoms with E-state index in [1.807, 2.05) is 38.1 Å². The summed E-state index contributed by atoms with van der Waals surface area (Å²) in [6.45, 7) is 7.68. The molecule has 81 valence electrons. The molecule has 0 aliphatic carbocycles. The monoisotopic (exact) mass is 225 g/mol. The molecule has 1 aliphatic rings. The summed E-state index contributed by atoms with van der Waals surface area (Å²) in [4.78, 5) is 0. The topological polar surface area (TPSA) is 18.5 Å². The summed E-state index contributed by atoms with van der Waals surface area (Å²) in [5.74, 6) is -0.587. The number of ether oxygens (including phenoxy) is 2. The zero-order chi connectivity index (χ0) is 11.1. The van der Waals surface area contributed by atoms with Crippen molar-refractivity contribution in [3.63, 3.8) is 0 Å². The Morgan fingerprint density at radius 2 is 1.93 bits per heavy atom. The molecule has 0 amide bonds. The van der Waals surface area contributed by atoms with E-state index in [1.54, 1.807) is 0 Å². The lowest BCUT2D eigenvalue weighted by Crippen LogP contribution is -2.20. The number of benzene rings is 1. The van der Waals surface area contributed by atoms with E-state index >= 15 is 0 Å². The van der Waals surface area contributed by atoms with Crippen LogP contribution in [0.5, 0.6) is 0 Å². The highest BCUT2D eigenvalue weighted by Gasteiger charge is 2.40. The van der Waals surface area contributed by atoms with E-state index in [-0.39, 0.29) is 12.2 Å². The van der Waals surface area contributed by atoms with Crippen LogP contribution in [0.25, 0.3) is 0 Å². The number of hydrogen-bond donors (Lipinski definition) is 0. The van der Waals surface area contributed by atoms with Gasteiger partial charge in [0, 0.05) is 10.6 Å². The maximum atomic E-state index is 6.10. The highest BCUT2D eigenvalue weighted by molar-refractivity contribution is 6.31. The minimum atomic E-state index is -0.587. The van der Waals surface area contributed by atoms with Gasteiger partial charge in [-0.3, -0.25) is 0 Å². The first-order chi connectivity index (χ1) is 6.99. The van der Waals surface area contributed by atoms with E-state index in [9.17, 15) is 0 Å². The molecule has 2 unspecified atom stereocenters. The van der Waals surface area contributed by atoms with Gasteiger partial charge in [-0.25, -0.2) is 0 Å². The lowest BCUT2D eigenvalue weighted by molar-refractivity contribution is -0.143. The molecule has 0 saturated carbocycles. The molecule has 2 nitrogen and oxygen atoms in total. The van der Waals surface area contributed by atoms with E-state index in [1.165, 1.54) is 0 Å². The van der Waals surface area contributed by atoms with Gasteiger partial charge in [-0.2, -0.15) is 0 Å². The van der Waals surface area contributed by atoms with Crippen LogP contribution in [0.4, 0.5) is 0 Å². The third-order valence-corrected chi connectivity index (χ3v) is 2.74. The van der Waals surface area contributed by atoms with Crippen LogP contribution in [-0.4, -0.2) is 11.9 Å². The van der Waals surface area contributed by atoms with E-state index < -0.39 is 5.79 Å². The van der Waals surface area contributed by atoms with Crippen molar-refractivity contribution in [3.05, 3.63) is 41.8 Å². The quantitative estimate of drug-likeness (QED) is 0.730. The summed E-state index contributed by atoms with van der Waals surface area (Å²) in [6.07, 6.45) is -0.409. The minimum Gasteiger partial charge on any atom is -0.344 e. The molecule has 1 radical (unpaired) electrons. The smallest absolute Gasteiger partial charge is 0.164 e. The van der Waals surface area contributed by atoms with Crippen LogP contribution in [0.3, 0.4) is 0 Å².